The molecule has 0 fully saturated rings. The topological polar surface area (TPSA) is 82.3 Å². The summed E-state index contributed by atoms with van der Waals surface area (Å²) in [4.78, 5) is 4.11. The molecule has 0 amide bonds. The highest BCUT2D eigenvalue weighted by Crippen LogP contribution is 2.70. The Balaban J connectivity index is 1.87. The van der Waals surface area contributed by atoms with Crippen molar-refractivity contribution < 1.29 is 13.4 Å². The lowest BCUT2D eigenvalue weighted by molar-refractivity contribution is 0.518. The summed E-state index contributed by atoms with van der Waals surface area (Å²) in [7, 11) is -2.18. The maximum absolute atomic E-state index is 11.8. The van der Waals surface area contributed by atoms with E-state index < -0.39 is 7.14 Å². The molecule has 1 atom stereocenters. The first-order chi connectivity index (χ1) is 7.67. The predicted octanol–water partition coefficient (Wildman–Crippen LogP) is 0.735. The minimum atomic E-state index is -2.18. The number of nitrogens with zero attached hydrogens (tertiary/aromatic N) is 1. The number of fused-ring (bicyclic) bond motifs is 1. The van der Waals surface area contributed by atoms with Gasteiger partial charge in [-0.25, -0.2) is 0 Å². The van der Waals surface area contributed by atoms with E-state index in [9.17, 15) is 4.57 Å². The fourth-order valence-corrected chi connectivity index (χ4v) is 4.69. The second-order valence-corrected chi connectivity index (χ2v) is 6.64. The number of aromatic nitrogens is 1. The van der Waals surface area contributed by atoms with Gasteiger partial charge in [0.2, 0.25) is 7.14 Å². The van der Waals surface area contributed by atoms with Crippen molar-refractivity contribution in [3.63, 3.8) is 0 Å². The van der Waals surface area contributed by atoms with Crippen LogP contribution >= 0.6 is 7.14 Å². The summed E-state index contributed by atoms with van der Waals surface area (Å²) in [6.07, 6.45) is 1.70. The normalized spacial score (nSPS) is 23.3. The Hall–Kier alpha value is -1.48. The maximum Gasteiger partial charge on any atom is 0.292 e. The van der Waals surface area contributed by atoms with Gasteiger partial charge in [-0.2, -0.15) is 4.98 Å². The third kappa shape index (κ3) is 0.736. The first-order valence-corrected chi connectivity index (χ1v) is 6.92. The molecule has 3 aliphatic heterocycles. The number of aryl methyl sites for hydroxylation is 1. The third-order valence-corrected chi connectivity index (χ3v) is 5.62. The number of oxazole rings is 1. The smallest absolute Gasteiger partial charge is 0.292 e. The van der Waals surface area contributed by atoms with Crippen LogP contribution in [0, 0.1) is 0 Å². The minimum absolute atomic E-state index is 0.141. The molecular weight excluding hydrogens is 227 g/mol. The highest BCUT2D eigenvalue weighted by atomic mass is 31.2. The van der Waals surface area contributed by atoms with E-state index in [-0.39, 0.29) is 6.01 Å². The van der Waals surface area contributed by atoms with Crippen LogP contribution in [-0.2, 0) is 11.0 Å². The Morgan fingerprint density at radius 1 is 1.38 bits per heavy atom. The van der Waals surface area contributed by atoms with Crippen LogP contribution in [-0.4, -0.2) is 4.98 Å². The summed E-state index contributed by atoms with van der Waals surface area (Å²) in [5.74, 6) is 1.35. The molecule has 3 aliphatic rings. The number of anilines is 1. The van der Waals surface area contributed by atoms with E-state index in [1.165, 1.54) is 0 Å². The van der Waals surface area contributed by atoms with Gasteiger partial charge in [-0.3, -0.25) is 0 Å². The van der Waals surface area contributed by atoms with Gasteiger partial charge in [0.1, 0.15) is 5.76 Å². The fourth-order valence-electron chi connectivity index (χ4n) is 2.20. The summed E-state index contributed by atoms with van der Waals surface area (Å²) >= 11 is 0. The van der Waals surface area contributed by atoms with E-state index in [1.807, 2.05) is 6.92 Å². The minimum Gasteiger partial charge on any atom is -0.449 e. The van der Waals surface area contributed by atoms with Crippen LogP contribution in [0.1, 0.15) is 19.1 Å². The molecule has 5 heterocycles. The maximum atomic E-state index is 11.8. The van der Waals surface area contributed by atoms with Crippen LogP contribution in [0.15, 0.2) is 8.83 Å². The van der Waals surface area contributed by atoms with Crippen LogP contribution in [0.3, 0.4) is 0 Å². The monoisotopic (exact) mass is 236 g/mol. The van der Waals surface area contributed by atoms with Crippen molar-refractivity contribution in [1.29, 1.82) is 0 Å². The van der Waals surface area contributed by atoms with Gasteiger partial charge in [-0.1, -0.05) is 6.92 Å². The van der Waals surface area contributed by atoms with Crippen molar-refractivity contribution in [3.05, 3.63) is 5.76 Å². The number of hydrogen-bond donors (Lipinski definition) is 1. The molecule has 2 aromatic rings. The second kappa shape index (κ2) is 2.28. The molecule has 2 bridgehead atoms. The van der Waals surface area contributed by atoms with Crippen molar-refractivity contribution >= 4 is 29.3 Å². The first kappa shape index (κ1) is 8.65. The Morgan fingerprint density at radius 2 is 2.12 bits per heavy atom. The molecule has 0 aromatic carbocycles. The molecule has 0 spiro atoms. The molecule has 2 N–H and O–H groups in total. The van der Waals surface area contributed by atoms with E-state index in [4.69, 9.17) is 14.6 Å². The first-order valence-electron chi connectivity index (χ1n) is 5.22. The largest absolute Gasteiger partial charge is 0.449 e. The van der Waals surface area contributed by atoms with Gasteiger partial charge in [0, 0.05) is 6.42 Å². The van der Waals surface area contributed by atoms with Crippen molar-refractivity contribution in [2.24, 2.45) is 0 Å². The Labute approximate surface area is 91.0 Å². The van der Waals surface area contributed by atoms with Crippen molar-refractivity contribution in [2.75, 3.05) is 5.73 Å². The highest BCUT2D eigenvalue weighted by Gasteiger charge is 2.75. The predicted molar refractivity (Wildman–Crippen MR) is 59.1 cm³/mol. The lowest BCUT2D eigenvalue weighted by atomic mass is 10.2. The van der Waals surface area contributed by atoms with Crippen molar-refractivity contribution in [2.45, 2.75) is 19.8 Å². The summed E-state index contributed by atoms with van der Waals surface area (Å²) in [6, 6.07) is 0.141. The summed E-state index contributed by atoms with van der Waals surface area (Å²) < 4.78 is 22.6. The lowest BCUT2D eigenvalue weighted by Gasteiger charge is -1.93. The van der Waals surface area contributed by atoms with Crippen LogP contribution in [0.25, 0.3) is 11.5 Å². The number of furan rings is 1. The zero-order chi connectivity index (χ0) is 11.1. The Morgan fingerprint density at radius 3 is 2.69 bits per heavy atom. The Bertz CT molecular complexity index is 674. The molecule has 1 unspecified atom stereocenters. The van der Waals surface area contributed by atoms with Gasteiger partial charge < -0.3 is 19.1 Å². The van der Waals surface area contributed by atoms with Crippen LogP contribution < -0.4 is 21.8 Å². The average molecular weight is 236 g/mol. The summed E-state index contributed by atoms with van der Waals surface area (Å²) in [5.41, 5.74) is 6.86. The molecule has 0 saturated heterocycles. The van der Waals surface area contributed by atoms with Gasteiger partial charge in [0.15, 0.2) is 17.0 Å². The molecular formula is C10H9N2O3P. The van der Waals surface area contributed by atoms with E-state index in [2.05, 4.69) is 4.98 Å². The van der Waals surface area contributed by atoms with Gasteiger partial charge in [-0.05, 0) is 6.42 Å². The quantitative estimate of drug-likeness (QED) is 0.530. The van der Waals surface area contributed by atoms with E-state index in [0.29, 0.717) is 17.0 Å². The zero-order valence-corrected chi connectivity index (χ0v) is 9.51. The molecule has 0 aliphatic carbocycles. The molecule has 5 nitrogen and oxygen atoms in total. The molecule has 6 heteroatoms. The number of rotatable bonds is 3. The van der Waals surface area contributed by atoms with Crippen molar-refractivity contribution in [1.82, 2.24) is 4.98 Å². The molecule has 82 valence electrons. The van der Waals surface area contributed by atoms with E-state index in [1.54, 1.807) is 0 Å². The molecule has 16 heavy (non-hydrogen) atoms. The number of nitrogen functional groups attached to an aromatic ring is 1. The third-order valence-electron chi connectivity index (χ3n) is 3.06. The summed E-state index contributed by atoms with van der Waals surface area (Å²) in [6.45, 7) is 2.05. The fraction of sp³-hybridized carbons (Fsp3) is 0.300. The highest BCUT2D eigenvalue weighted by molar-refractivity contribution is 8.06. The van der Waals surface area contributed by atoms with Gasteiger partial charge in [-0.15, -0.1) is 0 Å². The van der Waals surface area contributed by atoms with Crippen LogP contribution in [0.5, 0.6) is 0 Å². The number of hydrogen-bond acceptors (Lipinski definition) is 5. The van der Waals surface area contributed by atoms with Crippen LogP contribution in [0.4, 0.5) is 6.01 Å². The zero-order valence-electron chi connectivity index (χ0n) is 8.61. The second-order valence-electron chi connectivity index (χ2n) is 4.12. The Kier molecular flexibility index (Phi) is 1.23. The average Bonchev–Trinajstić information content (AvgIpc) is 2.80. The van der Waals surface area contributed by atoms with Gasteiger partial charge >= 0.3 is 0 Å². The number of nitrogens with two attached hydrogens (primary N) is 1. The standard InChI is InChI=1S/C10H9N2O3P/c1-2-3-4-5(12-10(11)14-4)6-7-8-9(15-6)16(7,8)13/h2-3H2,1H3,(H2,11,12). The lowest BCUT2D eigenvalue weighted by Crippen LogP contribution is -1.97. The molecule has 2 aromatic heterocycles. The van der Waals surface area contributed by atoms with Crippen LogP contribution in [0.2, 0.25) is 0 Å². The van der Waals surface area contributed by atoms with E-state index >= 15 is 0 Å². The summed E-state index contributed by atoms with van der Waals surface area (Å²) in [5, 5.41) is 1.81. The van der Waals surface area contributed by atoms with Gasteiger partial charge in [0.25, 0.3) is 6.01 Å². The molecule has 5 rings (SSSR count). The molecule has 0 radical (unpaired) electrons. The van der Waals surface area contributed by atoms with Gasteiger partial charge in [0.05, 0.1) is 10.6 Å². The van der Waals surface area contributed by atoms with E-state index in [0.717, 1.165) is 29.2 Å². The van der Waals surface area contributed by atoms with Crippen molar-refractivity contribution in [3.8, 4) is 11.5 Å². The molecule has 0 saturated carbocycles. The SMILES string of the molecule is CCCc1oc(N)nc1-c1oc2c3c1P23=O.